The zero-order valence-corrected chi connectivity index (χ0v) is 14.0. The summed E-state index contributed by atoms with van der Waals surface area (Å²) in [7, 11) is -1.50. The first-order chi connectivity index (χ1) is 11.3. The number of aryl methyl sites for hydroxylation is 1. The molecule has 0 amide bonds. The maximum Gasteiger partial charge on any atom is 0.339 e. The van der Waals surface area contributed by atoms with Gasteiger partial charge in [0.1, 0.15) is 4.90 Å². The second-order valence-corrected chi connectivity index (χ2v) is 6.33. The van der Waals surface area contributed by atoms with Crippen molar-refractivity contribution in [3.8, 4) is 17.2 Å². The van der Waals surface area contributed by atoms with Gasteiger partial charge in [-0.05, 0) is 30.7 Å². The van der Waals surface area contributed by atoms with Crippen LogP contribution in [0.1, 0.15) is 5.56 Å². The van der Waals surface area contributed by atoms with E-state index in [9.17, 15) is 18.5 Å². The molecule has 0 saturated carbocycles. The summed E-state index contributed by atoms with van der Waals surface area (Å²) in [4.78, 5) is 10.2. The van der Waals surface area contributed by atoms with Crippen LogP contribution in [-0.2, 0) is 10.1 Å². The van der Waals surface area contributed by atoms with Gasteiger partial charge in [-0.1, -0.05) is 6.07 Å². The Morgan fingerprint density at radius 1 is 0.958 bits per heavy atom. The lowest BCUT2D eigenvalue weighted by Gasteiger charge is -2.11. The Hall–Kier alpha value is -2.81. The van der Waals surface area contributed by atoms with E-state index >= 15 is 0 Å². The van der Waals surface area contributed by atoms with E-state index in [-0.39, 0.29) is 16.4 Å². The lowest BCUT2D eigenvalue weighted by molar-refractivity contribution is -0.385. The van der Waals surface area contributed by atoms with Crippen molar-refractivity contribution in [2.45, 2.75) is 11.8 Å². The van der Waals surface area contributed by atoms with Crippen molar-refractivity contribution in [3.63, 3.8) is 0 Å². The molecule has 9 heteroatoms. The monoisotopic (exact) mass is 353 g/mol. The molecule has 0 aliphatic rings. The predicted molar refractivity (Wildman–Crippen MR) is 85.2 cm³/mol. The van der Waals surface area contributed by atoms with Crippen molar-refractivity contribution < 1.29 is 27.0 Å². The Kier molecular flexibility index (Phi) is 4.93. The van der Waals surface area contributed by atoms with Crippen LogP contribution in [-0.4, -0.2) is 27.6 Å². The molecule has 0 spiro atoms. The molecule has 0 atom stereocenters. The van der Waals surface area contributed by atoms with Crippen LogP contribution in [0.15, 0.2) is 41.3 Å². The SMILES string of the molecule is COc1ccc(S(=O)(=O)Oc2ccc(C)cc2[N+](=O)[O-])cc1OC. The minimum absolute atomic E-state index is 0.195. The van der Waals surface area contributed by atoms with Crippen molar-refractivity contribution in [2.24, 2.45) is 0 Å². The highest BCUT2D eigenvalue weighted by atomic mass is 32.2. The van der Waals surface area contributed by atoms with Gasteiger partial charge in [0.15, 0.2) is 11.5 Å². The van der Waals surface area contributed by atoms with E-state index in [1.54, 1.807) is 6.92 Å². The maximum absolute atomic E-state index is 12.4. The van der Waals surface area contributed by atoms with Crippen molar-refractivity contribution in [3.05, 3.63) is 52.1 Å². The third-order valence-electron chi connectivity index (χ3n) is 3.15. The third-order valence-corrected chi connectivity index (χ3v) is 4.38. The number of ether oxygens (including phenoxy) is 2. The summed E-state index contributed by atoms with van der Waals surface area (Å²) in [6.07, 6.45) is 0. The van der Waals surface area contributed by atoms with E-state index in [2.05, 4.69) is 0 Å². The van der Waals surface area contributed by atoms with E-state index in [0.717, 1.165) is 0 Å². The molecular formula is C15H15NO7S. The largest absolute Gasteiger partial charge is 0.493 e. The smallest absolute Gasteiger partial charge is 0.339 e. The molecule has 0 unspecified atom stereocenters. The molecule has 8 nitrogen and oxygen atoms in total. The minimum Gasteiger partial charge on any atom is -0.493 e. The van der Waals surface area contributed by atoms with Crippen molar-refractivity contribution >= 4 is 15.8 Å². The van der Waals surface area contributed by atoms with Crippen LogP contribution in [0, 0.1) is 17.0 Å². The average Bonchev–Trinajstić information content (AvgIpc) is 2.55. The number of hydrogen-bond donors (Lipinski definition) is 0. The summed E-state index contributed by atoms with van der Waals surface area (Å²) in [6.45, 7) is 1.65. The van der Waals surface area contributed by atoms with Gasteiger partial charge in [0.2, 0.25) is 5.75 Å². The summed E-state index contributed by atoms with van der Waals surface area (Å²) >= 11 is 0. The highest BCUT2D eigenvalue weighted by Crippen LogP contribution is 2.33. The van der Waals surface area contributed by atoms with Gasteiger partial charge in [-0.15, -0.1) is 0 Å². The molecule has 0 bridgehead atoms. The van der Waals surface area contributed by atoms with Gasteiger partial charge in [0.05, 0.1) is 19.1 Å². The van der Waals surface area contributed by atoms with E-state index < -0.39 is 20.7 Å². The Labute approximate surface area is 138 Å². The van der Waals surface area contributed by atoms with Crippen molar-refractivity contribution in [1.29, 1.82) is 0 Å². The Morgan fingerprint density at radius 2 is 1.58 bits per heavy atom. The average molecular weight is 353 g/mol. The van der Waals surface area contributed by atoms with Crippen LogP contribution >= 0.6 is 0 Å². The van der Waals surface area contributed by atoms with E-state index in [0.29, 0.717) is 11.3 Å². The topological polar surface area (TPSA) is 105 Å². The van der Waals surface area contributed by atoms with Crippen LogP contribution in [0.3, 0.4) is 0 Å². The summed E-state index contributed by atoms with van der Waals surface area (Å²) < 4.78 is 39.8. The number of nitro benzene ring substituents is 1. The molecule has 128 valence electrons. The molecule has 24 heavy (non-hydrogen) atoms. The predicted octanol–water partition coefficient (Wildman–Crippen LogP) is 2.69. The second kappa shape index (κ2) is 6.75. The first kappa shape index (κ1) is 17.5. The fraction of sp³-hybridized carbons (Fsp3) is 0.200. The van der Waals surface area contributed by atoms with E-state index in [1.807, 2.05) is 0 Å². The second-order valence-electron chi connectivity index (χ2n) is 4.78. The Balaban J connectivity index is 2.44. The summed E-state index contributed by atoms with van der Waals surface area (Å²) in [6, 6.07) is 7.88. The molecule has 0 radical (unpaired) electrons. The number of nitrogens with zero attached hydrogens (tertiary/aromatic N) is 1. The number of hydrogen-bond acceptors (Lipinski definition) is 7. The maximum atomic E-state index is 12.4. The molecule has 0 N–H and O–H groups in total. The van der Waals surface area contributed by atoms with Crippen molar-refractivity contribution in [1.82, 2.24) is 0 Å². The number of rotatable bonds is 6. The van der Waals surface area contributed by atoms with Gasteiger partial charge >= 0.3 is 15.8 Å². The van der Waals surface area contributed by atoms with Crippen LogP contribution in [0.4, 0.5) is 5.69 Å². The molecule has 2 aromatic rings. The van der Waals surface area contributed by atoms with Crippen LogP contribution in [0.5, 0.6) is 17.2 Å². The first-order valence-electron chi connectivity index (χ1n) is 6.70. The summed E-state index contributed by atoms with van der Waals surface area (Å²) in [5.74, 6) is 0.179. The van der Waals surface area contributed by atoms with Gasteiger partial charge < -0.3 is 13.7 Å². The lowest BCUT2D eigenvalue weighted by Crippen LogP contribution is -2.11. The summed E-state index contributed by atoms with van der Waals surface area (Å²) in [5, 5.41) is 11.1. The van der Waals surface area contributed by atoms with E-state index in [1.165, 1.54) is 50.6 Å². The fourth-order valence-corrected chi connectivity index (χ4v) is 2.94. The lowest BCUT2D eigenvalue weighted by atomic mass is 10.2. The molecule has 0 aliphatic carbocycles. The standard InChI is InChI=1S/C15H15NO7S/c1-10-4-6-13(12(8-10)16(17)18)23-24(19,20)11-5-7-14(21-2)15(9-11)22-3/h4-9H,1-3H3. The normalized spacial score (nSPS) is 11.0. The third kappa shape index (κ3) is 3.57. The molecule has 0 saturated heterocycles. The summed E-state index contributed by atoms with van der Waals surface area (Å²) in [5.41, 5.74) is 0.177. The van der Waals surface area contributed by atoms with Crippen LogP contribution < -0.4 is 13.7 Å². The van der Waals surface area contributed by atoms with Gasteiger partial charge in [-0.3, -0.25) is 10.1 Å². The number of methoxy groups -OCH3 is 2. The van der Waals surface area contributed by atoms with Crippen LogP contribution in [0.2, 0.25) is 0 Å². The molecule has 0 heterocycles. The molecule has 2 aromatic carbocycles. The first-order valence-corrected chi connectivity index (χ1v) is 8.11. The minimum atomic E-state index is -4.28. The van der Waals surface area contributed by atoms with E-state index in [4.69, 9.17) is 13.7 Å². The zero-order chi connectivity index (χ0) is 17.9. The fourth-order valence-electron chi connectivity index (χ4n) is 1.98. The zero-order valence-electron chi connectivity index (χ0n) is 13.2. The van der Waals surface area contributed by atoms with Gasteiger partial charge in [0, 0.05) is 12.1 Å². The molecule has 0 fully saturated rings. The van der Waals surface area contributed by atoms with Gasteiger partial charge in [-0.25, -0.2) is 0 Å². The molecular weight excluding hydrogens is 338 g/mol. The quantitative estimate of drug-likeness (QED) is 0.446. The van der Waals surface area contributed by atoms with Crippen LogP contribution in [0.25, 0.3) is 0 Å². The highest BCUT2D eigenvalue weighted by molar-refractivity contribution is 7.87. The Bertz CT molecular complexity index is 877. The Morgan fingerprint density at radius 3 is 2.17 bits per heavy atom. The molecule has 0 aromatic heterocycles. The highest BCUT2D eigenvalue weighted by Gasteiger charge is 2.24. The van der Waals surface area contributed by atoms with Crippen molar-refractivity contribution in [2.75, 3.05) is 14.2 Å². The molecule has 2 rings (SSSR count). The van der Waals surface area contributed by atoms with Gasteiger partial charge in [-0.2, -0.15) is 8.42 Å². The molecule has 0 aliphatic heterocycles. The van der Waals surface area contributed by atoms with Gasteiger partial charge in [0.25, 0.3) is 0 Å². The number of nitro groups is 1. The number of benzene rings is 2.